The molecular formula is C12H15N3OS. The van der Waals surface area contributed by atoms with Crippen molar-refractivity contribution in [1.29, 1.82) is 0 Å². The van der Waals surface area contributed by atoms with Crippen LogP contribution in [0.25, 0.3) is 0 Å². The maximum Gasteiger partial charge on any atom is 0.148 e. The number of aliphatic hydroxyl groups excluding tert-OH is 1. The maximum absolute atomic E-state index is 8.98. The molecule has 0 bridgehead atoms. The number of rotatable bonds is 4. The number of aliphatic hydroxyl groups is 1. The fraction of sp³-hybridized carbons (Fsp3) is 0.333. The molecule has 0 radical (unpaired) electrons. The Balaban J connectivity index is 2.04. The van der Waals surface area contributed by atoms with E-state index in [1.807, 2.05) is 26.0 Å². The van der Waals surface area contributed by atoms with Crippen molar-refractivity contribution in [1.82, 2.24) is 9.97 Å². The number of nitrogens with one attached hydrogen (secondary N) is 1. The summed E-state index contributed by atoms with van der Waals surface area (Å²) in [5, 5.41) is 12.2. The molecule has 0 aliphatic heterocycles. The Morgan fingerprint density at radius 2 is 2.06 bits per heavy atom. The van der Waals surface area contributed by atoms with E-state index >= 15 is 0 Å². The number of hydrogen-bond acceptors (Lipinski definition) is 5. The second kappa shape index (κ2) is 5.25. The van der Waals surface area contributed by atoms with Gasteiger partial charge in [-0.1, -0.05) is 0 Å². The molecule has 0 aliphatic carbocycles. The smallest absolute Gasteiger partial charge is 0.148 e. The first-order valence-corrected chi connectivity index (χ1v) is 6.23. The highest BCUT2D eigenvalue weighted by molar-refractivity contribution is 7.11. The molecule has 0 fully saturated rings. The van der Waals surface area contributed by atoms with Gasteiger partial charge in [-0.3, -0.25) is 4.98 Å². The molecule has 0 amide bonds. The number of aryl methyl sites for hydroxylation is 2. The van der Waals surface area contributed by atoms with E-state index in [1.165, 1.54) is 4.88 Å². The van der Waals surface area contributed by atoms with Crippen molar-refractivity contribution >= 4 is 17.2 Å². The number of anilines is 1. The van der Waals surface area contributed by atoms with Crippen molar-refractivity contribution in [3.63, 3.8) is 0 Å². The van der Waals surface area contributed by atoms with Gasteiger partial charge in [0.25, 0.3) is 0 Å². The van der Waals surface area contributed by atoms with Gasteiger partial charge in [0.15, 0.2) is 0 Å². The third kappa shape index (κ3) is 3.01. The first-order chi connectivity index (χ1) is 8.19. The summed E-state index contributed by atoms with van der Waals surface area (Å²) in [6, 6.07) is 3.96. The zero-order valence-corrected chi connectivity index (χ0v) is 10.7. The minimum atomic E-state index is 0.105. The second-order valence-electron chi connectivity index (χ2n) is 3.83. The van der Waals surface area contributed by atoms with Crippen LogP contribution in [0.15, 0.2) is 18.3 Å². The summed E-state index contributed by atoms with van der Waals surface area (Å²) in [5.41, 5.74) is 1.80. The Morgan fingerprint density at radius 3 is 2.76 bits per heavy atom. The van der Waals surface area contributed by atoms with Gasteiger partial charge in [0.2, 0.25) is 0 Å². The minimum Gasteiger partial charge on any atom is -0.391 e. The molecule has 90 valence electrons. The van der Waals surface area contributed by atoms with Crippen molar-refractivity contribution in [3.05, 3.63) is 39.5 Å². The van der Waals surface area contributed by atoms with Crippen LogP contribution in [0.1, 0.15) is 21.1 Å². The molecule has 0 unspecified atom stereocenters. The zero-order chi connectivity index (χ0) is 12.3. The predicted octanol–water partition coefficient (Wildman–Crippen LogP) is 2.26. The van der Waals surface area contributed by atoms with Crippen molar-refractivity contribution in [3.8, 4) is 0 Å². The van der Waals surface area contributed by atoms with E-state index in [-0.39, 0.29) is 6.61 Å². The van der Waals surface area contributed by atoms with Crippen LogP contribution in [0.3, 0.4) is 0 Å². The fourth-order valence-corrected chi connectivity index (χ4v) is 2.30. The molecule has 2 aromatic heterocycles. The van der Waals surface area contributed by atoms with Crippen LogP contribution < -0.4 is 5.32 Å². The van der Waals surface area contributed by atoms with E-state index < -0.39 is 0 Å². The van der Waals surface area contributed by atoms with Gasteiger partial charge in [-0.05, 0) is 26.0 Å². The largest absolute Gasteiger partial charge is 0.391 e. The average molecular weight is 249 g/mol. The van der Waals surface area contributed by atoms with E-state index in [0.717, 1.165) is 22.1 Å². The monoisotopic (exact) mass is 249 g/mol. The van der Waals surface area contributed by atoms with Crippen LogP contribution in [-0.4, -0.2) is 15.1 Å². The molecule has 2 heterocycles. The zero-order valence-electron chi connectivity index (χ0n) is 9.90. The van der Waals surface area contributed by atoms with Gasteiger partial charge < -0.3 is 10.4 Å². The highest BCUT2D eigenvalue weighted by Gasteiger charge is 2.03. The number of thiophene rings is 1. The predicted molar refractivity (Wildman–Crippen MR) is 69.1 cm³/mol. The summed E-state index contributed by atoms with van der Waals surface area (Å²) in [4.78, 5) is 10.8. The lowest BCUT2D eigenvalue weighted by Crippen LogP contribution is -2.04. The lowest BCUT2D eigenvalue weighted by atomic mass is 10.4. The lowest BCUT2D eigenvalue weighted by Gasteiger charge is -2.07. The van der Waals surface area contributed by atoms with Crippen LogP contribution in [0.5, 0.6) is 0 Å². The van der Waals surface area contributed by atoms with Crippen LogP contribution in [-0.2, 0) is 13.2 Å². The molecule has 17 heavy (non-hydrogen) atoms. The highest BCUT2D eigenvalue weighted by Crippen LogP contribution is 2.18. The van der Waals surface area contributed by atoms with Gasteiger partial charge in [0.1, 0.15) is 5.82 Å². The van der Waals surface area contributed by atoms with E-state index in [9.17, 15) is 0 Å². The summed E-state index contributed by atoms with van der Waals surface area (Å²) in [7, 11) is 0. The molecule has 0 aliphatic rings. The number of hydrogen-bond donors (Lipinski definition) is 2. The van der Waals surface area contributed by atoms with Gasteiger partial charge >= 0.3 is 0 Å². The Hall–Kier alpha value is -1.46. The summed E-state index contributed by atoms with van der Waals surface area (Å²) in [6.07, 6.45) is 1.76. The first-order valence-electron chi connectivity index (χ1n) is 5.41. The molecule has 4 nitrogen and oxygen atoms in total. The van der Waals surface area contributed by atoms with Gasteiger partial charge in [-0.2, -0.15) is 0 Å². The number of nitrogens with zero attached hydrogens (tertiary/aromatic N) is 2. The molecule has 2 N–H and O–H groups in total. The Bertz CT molecular complexity index is 510. The average Bonchev–Trinajstić information content (AvgIpc) is 2.78. The first kappa shape index (κ1) is 12.0. The quantitative estimate of drug-likeness (QED) is 0.872. The lowest BCUT2D eigenvalue weighted by molar-refractivity contribution is 0.285. The molecule has 2 rings (SSSR count). The molecule has 0 saturated carbocycles. The van der Waals surface area contributed by atoms with Crippen molar-refractivity contribution < 1.29 is 5.11 Å². The van der Waals surface area contributed by atoms with Crippen LogP contribution in [0.4, 0.5) is 5.82 Å². The second-order valence-corrected chi connectivity index (χ2v) is 5.08. The molecular weight excluding hydrogens is 234 g/mol. The molecule has 0 saturated heterocycles. The summed E-state index contributed by atoms with van der Waals surface area (Å²) >= 11 is 1.60. The van der Waals surface area contributed by atoms with E-state index in [2.05, 4.69) is 15.3 Å². The molecule has 5 heteroatoms. The SMILES string of the molecule is Cc1cnc(C)c(NCc2ccc(CO)s2)n1. The Labute approximate surface area is 104 Å². The summed E-state index contributed by atoms with van der Waals surface area (Å²) in [6.45, 7) is 4.67. The fourth-order valence-electron chi connectivity index (χ4n) is 1.48. The van der Waals surface area contributed by atoms with Crippen LogP contribution in [0.2, 0.25) is 0 Å². The van der Waals surface area contributed by atoms with Crippen molar-refractivity contribution in [2.24, 2.45) is 0 Å². The van der Waals surface area contributed by atoms with Crippen LogP contribution >= 0.6 is 11.3 Å². The topological polar surface area (TPSA) is 58.0 Å². The Kier molecular flexibility index (Phi) is 3.71. The summed E-state index contributed by atoms with van der Waals surface area (Å²) in [5.74, 6) is 0.823. The van der Waals surface area contributed by atoms with Gasteiger partial charge in [-0.25, -0.2) is 4.98 Å². The van der Waals surface area contributed by atoms with Crippen molar-refractivity contribution in [2.75, 3.05) is 5.32 Å². The highest BCUT2D eigenvalue weighted by atomic mass is 32.1. The maximum atomic E-state index is 8.98. The molecule has 0 atom stereocenters. The standard InChI is InChI=1S/C12H15N3OS/c1-8-5-13-9(2)12(15-8)14-6-10-3-4-11(7-16)17-10/h3-5,16H,6-7H2,1-2H3,(H,14,15). The Morgan fingerprint density at radius 1 is 1.29 bits per heavy atom. The third-order valence-corrected chi connectivity index (χ3v) is 3.45. The minimum absolute atomic E-state index is 0.105. The van der Waals surface area contributed by atoms with Gasteiger partial charge in [-0.15, -0.1) is 11.3 Å². The van der Waals surface area contributed by atoms with Crippen molar-refractivity contribution in [2.45, 2.75) is 27.0 Å². The third-order valence-electron chi connectivity index (χ3n) is 2.38. The van der Waals surface area contributed by atoms with E-state index in [0.29, 0.717) is 6.54 Å². The van der Waals surface area contributed by atoms with Crippen LogP contribution in [0, 0.1) is 13.8 Å². The van der Waals surface area contributed by atoms with Gasteiger partial charge in [0.05, 0.1) is 24.5 Å². The van der Waals surface area contributed by atoms with Gasteiger partial charge in [0, 0.05) is 16.0 Å². The normalized spacial score (nSPS) is 10.5. The van der Waals surface area contributed by atoms with E-state index in [4.69, 9.17) is 5.11 Å². The number of aromatic nitrogens is 2. The molecule has 0 spiro atoms. The summed E-state index contributed by atoms with van der Waals surface area (Å²) < 4.78 is 0. The molecule has 0 aromatic carbocycles. The molecule has 2 aromatic rings. The van der Waals surface area contributed by atoms with E-state index in [1.54, 1.807) is 17.5 Å².